The van der Waals surface area contributed by atoms with Crippen molar-refractivity contribution in [3.8, 4) is 0 Å². The molecule has 94 valence electrons. The summed E-state index contributed by atoms with van der Waals surface area (Å²) in [5.74, 6) is 0. The van der Waals surface area contributed by atoms with Crippen LogP contribution < -0.4 is 5.32 Å². The number of aromatic nitrogens is 1. The van der Waals surface area contributed by atoms with Crippen LogP contribution in [-0.2, 0) is 6.18 Å². The van der Waals surface area contributed by atoms with Gasteiger partial charge in [-0.15, -0.1) is 0 Å². The monoisotopic (exact) mass is 246 g/mol. The van der Waals surface area contributed by atoms with Crippen molar-refractivity contribution in [2.75, 3.05) is 6.54 Å². The summed E-state index contributed by atoms with van der Waals surface area (Å²) in [4.78, 5) is 3.63. The van der Waals surface area contributed by atoms with Crippen LogP contribution in [0, 0.1) is 0 Å². The van der Waals surface area contributed by atoms with Gasteiger partial charge in [0.25, 0.3) is 0 Å². The smallest absolute Gasteiger partial charge is 0.387 e. The molecule has 1 aliphatic rings. The maximum absolute atomic E-state index is 12.7. The number of hydrogen-bond acceptors (Lipinski definition) is 3. The van der Waals surface area contributed by atoms with Crippen LogP contribution in [0.5, 0.6) is 0 Å². The first-order chi connectivity index (χ1) is 7.98. The topological polar surface area (TPSA) is 45.1 Å². The number of nitrogens with one attached hydrogen (secondary N) is 1. The fraction of sp³-hybridized carbons (Fsp3) is 0.545. The molecule has 2 rings (SSSR count). The summed E-state index contributed by atoms with van der Waals surface area (Å²) in [6, 6.07) is 1.23. The normalized spacial score (nSPS) is 18.1. The number of aliphatic hydroxyl groups is 1. The molecule has 0 aliphatic heterocycles. The number of rotatable bonds is 4. The van der Waals surface area contributed by atoms with Crippen LogP contribution in [-0.4, -0.2) is 22.7 Å². The van der Waals surface area contributed by atoms with E-state index in [1.807, 2.05) is 0 Å². The third kappa shape index (κ3) is 3.17. The van der Waals surface area contributed by atoms with Gasteiger partial charge < -0.3 is 10.4 Å². The second kappa shape index (κ2) is 4.62. The molecule has 1 unspecified atom stereocenters. The van der Waals surface area contributed by atoms with E-state index in [4.69, 9.17) is 0 Å². The first-order valence-electron chi connectivity index (χ1n) is 5.41. The van der Waals surface area contributed by atoms with Crippen LogP contribution in [0.2, 0.25) is 0 Å². The molecule has 17 heavy (non-hydrogen) atoms. The van der Waals surface area contributed by atoms with E-state index >= 15 is 0 Å². The van der Waals surface area contributed by atoms with E-state index in [0.29, 0.717) is 6.04 Å². The van der Waals surface area contributed by atoms with Crippen molar-refractivity contribution in [1.29, 1.82) is 0 Å². The Labute approximate surface area is 96.7 Å². The molecule has 0 bridgehead atoms. The number of aliphatic hydroxyl groups excluding tert-OH is 1. The summed E-state index contributed by atoms with van der Waals surface area (Å²) in [6.45, 7) is 0.124. The van der Waals surface area contributed by atoms with Crippen molar-refractivity contribution >= 4 is 0 Å². The Bertz CT molecular complexity index is 391. The molecule has 1 aromatic heterocycles. The zero-order valence-electron chi connectivity index (χ0n) is 9.04. The van der Waals surface area contributed by atoms with Gasteiger partial charge in [0.1, 0.15) is 0 Å². The Morgan fingerprint density at radius 3 is 2.76 bits per heavy atom. The Hall–Kier alpha value is -1.14. The fourth-order valence-corrected chi connectivity index (χ4v) is 1.61. The number of pyridine rings is 1. The predicted molar refractivity (Wildman–Crippen MR) is 55.2 cm³/mol. The molecule has 0 saturated heterocycles. The molecular formula is C11H13F3N2O. The van der Waals surface area contributed by atoms with E-state index in [9.17, 15) is 18.3 Å². The number of nitrogens with zero attached hydrogens (tertiary/aromatic N) is 1. The minimum atomic E-state index is -4.46. The lowest BCUT2D eigenvalue weighted by Gasteiger charge is -2.17. The molecule has 0 amide bonds. The van der Waals surface area contributed by atoms with E-state index in [0.717, 1.165) is 31.3 Å². The van der Waals surface area contributed by atoms with E-state index in [2.05, 4.69) is 10.3 Å². The maximum atomic E-state index is 12.7. The van der Waals surface area contributed by atoms with Crippen molar-refractivity contribution in [2.24, 2.45) is 0 Å². The zero-order valence-corrected chi connectivity index (χ0v) is 9.04. The summed E-state index contributed by atoms with van der Waals surface area (Å²) in [5.41, 5.74) is -0.995. The quantitative estimate of drug-likeness (QED) is 0.852. The third-order valence-electron chi connectivity index (χ3n) is 2.69. The maximum Gasteiger partial charge on any atom is 0.416 e. The van der Waals surface area contributed by atoms with Gasteiger partial charge >= 0.3 is 6.18 Å². The van der Waals surface area contributed by atoms with Gasteiger partial charge in [-0.25, -0.2) is 0 Å². The van der Waals surface area contributed by atoms with Crippen molar-refractivity contribution in [2.45, 2.75) is 31.2 Å². The molecule has 1 heterocycles. The van der Waals surface area contributed by atoms with E-state index in [-0.39, 0.29) is 12.1 Å². The number of alkyl halides is 3. The Morgan fingerprint density at radius 2 is 2.18 bits per heavy atom. The SMILES string of the molecule is OC(CNC1CC1)c1cnccc1C(F)(F)F. The lowest BCUT2D eigenvalue weighted by atomic mass is 10.0. The third-order valence-corrected chi connectivity index (χ3v) is 2.69. The van der Waals surface area contributed by atoms with Gasteiger partial charge in [0.2, 0.25) is 0 Å². The number of hydrogen-bond donors (Lipinski definition) is 2. The minimum absolute atomic E-state index is 0.124. The van der Waals surface area contributed by atoms with Gasteiger partial charge in [0, 0.05) is 30.5 Å². The van der Waals surface area contributed by atoms with E-state index in [1.165, 1.54) is 0 Å². The predicted octanol–water partition coefficient (Wildman–Crippen LogP) is 1.89. The highest BCUT2D eigenvalue weighted by molar-refractivity contribution is 5.28. The van der Waals surface area contributed by atoms with Crippen LogP contribution in [0.3, 0.4) is 0 Å². The van der Waals surface area contributed by atoms with E-state index < -0.39 is 17.8 Å². The van der Waals surface area contributed by atoms with Gasteiger partial charge in [0.15, 0.2) is 0 Å². The fourth-order valence-electron chi connectivity index (χ4n) is 1.61. The van der Waals surface area contributed by atoms with Gasteiger partial charge in [0.05, 0.1) is 11.7 Å². The van der Waals surface area contributed by atoms with Crippen LogP contribution >= 0.6 is 0 Å². The van der Waals surface area contributed by atoms with Crippen LogP contribution in [0.15, 0.2) is 18.5 Å². The highest BCUT2D eigenvalue weighted by Crippen LogP contribution is 2.34. The zero-order chi connectivity index (χ0) is 12.5. The largest absolute Gasteiger partial charge is 0.416 e. The van der Waals surface area contributed by atoms with Crippen LogP contribution in [0.4, 0.5) is 13.2 Å². The molecule has 1 aromatic rings. The van der Waals surface area contributed by atoms with Crippen molar-refractivity contribution < 1.29 is 18.3 Å². The highest BCUT2D eigenvalue weighted by Gasteiger charge is 2.35. The first kappa shape index (κ1) is 12.3. The molecule has 0 spiro atoms. The average molecular weight is 246 g/mol. The summed E-state index contributed by atoms with van der Waals surface area (Å²) >= 11 is 0. The Kier molecular flexibility index (Phi) is 3.35. The first-order valence-corrected chi connectivity index (χ1v) is 5.41. The van der Waals surface area contributed by atoms with Crippen molar-refractivity contribution in [1.82, 2.24) is 10.3 Å². The summed E-state index contributed by atoms with van der Waals surface area (Å²) in [5, 5.41) is 12.7. The highest BCUT2D eigenvalue weighted by atomic mass is 19.4. The molecule has 1 fully saturated rings. The summed E-state index contributed by atoms with van der Waals surface area (Å²) in [6.07, 6.45) is -1.45. The summed E-state index contributed by atoms with van der Waals surface area (Å²) < 4.78 is 38.0. The Morgan fingerprint density at radius 1 is 1.47 bits per heavy atom. The van der Waals surface area contributed by atoms with Crippen LogP contribution in [0.1, 0.15) is 30.1 Å². The lowest BCUT2D eigenvalue weighted by molar-refractivity contribution is -0.139. The molecule has 1 saturated carbocycles. The van der Waals surface area contributed by atoms with Crippen molar-refractivity contribution in [3.05, 3.63) is 29.6 Å². The second-order valence-electron chi connectivity index (χ2n) is 4.16. The van der Waals surface area contributed by atoms with Crippen molar-refractivity contribution in [3.63, 3.8) is 0 Å². The average Bonchev–Trinajstić information content (AvgIpc) is 3.08. The molecule has 6 heteroatoms. The molecule has 0 aromatic carbocycles. The standard InChI is InChI=1S/C11H13F3N2O/c12-11(13,14)9-3-4-15-5-8(9)10(17)6-16-7-1-2-7/h3-5,7,10,16-17H,1-2,6H2. The van der Waals surface area contributed by atoms with Crippen LogP contribution in [0.25, 0.3) is 0 Å². The number of halogens is 3. The van der Waals surface area contributed by atoms with E-state index in [1.54, 1.807) is 0 Å². The molecule has 1 atom stereocenters. The lowest BCUT2D eigenvalue weighted by Crippen LogP contribution is -2.25. The van der Waals surface area contributed by atoms with Gasteiger partial charge in [-0.1, -0.05) is 0 Å². The van der Waals surface area contributed by atoms with Gasteiger partial charge in [-0.3, -0.25) is 4.98 Å². The van der Waals surface area contributed by atoms with Gasteiger partial charge in [-0.2, -0.15) is 13.2 Å². The Balaban J connectivity index is 2.12. The molecule has 3 nitrogen and oxygen atoms in total. The molecular weight excluding hydrogens is 233 g/mol. The second-order valence-corrected chi connectivity index (χ2v) is 4.16. The summed E-state index contributed by atoms with van der Waals surface area (Å²) in [7, 11) is 0. The minimum Gasteiger partial charge on any atom is -0.387 e. The molecule has 2 N–H and O–H groups in total. The molecule has 1 aliphatic carbocycles. The van der Waals surface area contributed by atoms with Gasteiger partial charge in [-0.05, 0) is 18.9 Å². The molecule has 0 radical (unpaired) electrons.